The predicted molar refractivity (Wildman–Crippen MR) is 72.6 cm³/mol. The number of amides is 1. The number of hydrogen-bond acceptors (Lipinski definition) is 4. The lowest BCUT2D eigenvalue weighted by molar-refractivity contribution is -0.121. The van der Waals surface area contributed by atoms with Gasteiger partial charge in [-0.1, -0.05) is 5.16 Å². The zero-order valence-corrected chi connectivity index (χ0v) is 11.5. The maximum absolute atomic E-state index is 11.6. The first-order valence-electron chi connectivity index (χ1n) is 7.01. The molecule has 1 aliphatic rings. The lowest BCUT2D eigenvalue weighted by atomic mass is 10.3. The molecular weight excluding hydrogens is 256 g/mol. The van der Waals surface area contributed by atoms with Crippen LogP contribution in [0, 0.1) is 5.92 Å². The molecule has 6 nitrogen and oxygen atoms in total. The average molecular weight is 274 g/mol. The Morgan fingerprint density at radius 1 is 1.55 bits per heavy atom. The molecule has 0 unspecified atom stereocenters. The Hall–Kier alpha value is -2.11. The lowest BCUT2D eigenvalue weighted by Crippen LogP contribution is -2.23. The zero-order valence-electron chi connectivity index (χ0n) is 11.5. The van der Waals surface area contributed by atoms with Crippen molar-refractivity contribution in [1.82, 2.24) is 20.0 Å². The summed E-state index contributed by atoms with van der Waals surface area (Å²) in [4.78, 5) is 15.9. The molecule has 1 saturated carbocycles. The molecule has 20 heavy (non-hydrogen) atoms. The van der Waals surface area contributed by atoms with Crippen molar-refractivity contribution in [3.05, 3.63) is 24.2 Å². The third-order valence-electron chi connectivity index (χ3n) is 3.48. The topological polar surface area (TPSA) is 73.0 Å². The molecule has 0 aromatic carbocycles. The average Bonchev–Trinajstić information content (AvgIpc) is 2.96. The molecule has 1 aliphatic carbocycles. The number of aromatic nitrogens is 3. The van der Waals surface area contributed by atoms with Gasteiger partial charge >= 0.3 is 0 Å². The van der Waals surface area contributed by atoms with Gasteiger partial charge in [-0.15, -0.1) is 0 Å². The second kappa shape index (κ2) is 5.48. The minimum atomic E-state index is 0.0594. The predicted octanol–water partition coefficient (Wildman–Crippen LogP) is 1.97. The van der Waals surface area contributed by atoms with Gasteiger partial charge in [0.25, 0.3) is 0 Å². The fourth-order valence-electron chi connectivity index (χ4n) is 2.15. The van der Waals surface area contributed by atoms with Gasteiger partial charge in [-0.25, -0.2) is 0 Å². The van der Waals surface area contributed by atoms with Crippen molar-refractivity contribution >= 4 is 5.91 Å². The van der Waals surface area contributed by atoms with E-state index in [4.69, 9.17) is 4.52 Å². The maximum atomic E-state index is 11.6. The van der Waals surface area contributed by atoms with Gasteiger partial charge in [-0.3, -0.25) is 4.79 Å². The van der Waals surface area contributed by atoms with Crippen LogP contribution >= 0.6 is 0 Å². The molecular formula is C14H18N4O2. The monoisotopic (exact) mass is 274 g/mol. The highest BCUT2D eigenvalue weighted by atomic mass is 16.5. The zero-order chi connectivity index (χ0) is 13.9. The summed E-state index contributed by atoms with van der Waals surface area (Å²) in [7, 11) is 0. The minimum Gasteiger partial charge on any atom is -0.347 e. The summed E-state index contributed by atoms with van der Waals surface area (Å²) in [5, 5.41) is 6.78. The molecule has 0 atom stereocenters. The van der Waals surface area contributed by atoms with Crippen molar-refractivity contribution in [1.29, 1.82) is 0 Å². The van der Waals surface area contributed by atoms with Gasteiger partial charge in [0, 0.05) is 19.2 Å². The quantitative estimate of drug-likeness (QED) is 0.874. The smallest absolute Gasteiger partial charge is 0.246 e. The minimum absolute atomic E-state index is 0.0594. The van der Waals surface area contributed by atoms with E-state index in [0.29, 0.717) is 30.6 Å². The van der Waals surface area contributed by atoms with Crippen LogP contribution in [0.4, 0.5) is 0 Å². The largest absolute Gasteiger partial charge is 0.347 e. The second-order valence-electron chi connectivity index (χ2n) is 5.12. The third kappa shape index (κ3) is 2.89. The van der Waals surface area contributed by atoms with Crippen LogP contribution in [-0.2, 0) is 17.9 Å². The van der Waals surface area contributed by atoms with Crippen LogP contribution in [0.1, 0.15) is 32.1 Å². The van der Waals surface area contributed by atoms with Crippen LogP contribution in [0.3, 0.4) is 0 Å². The van der Waals surface area contributed by atoms with Crippen LogP contribution in [-0.4, -0.2) is 20.6 Å². The number of carbonyl (C=O) groups is 1. The van der Waals surface area contributed by atoms with E-state index in [0.717, 1.165) is 12.2 Å². The van der Waals surface area contributed by atoms with Gasteiger partial charge < -0.3 is 14.4 Å². The van der Waals surface area contributed by atoms with Crippen molar-refractivity contribution in [3.63, 3.8) is 0 Å². The van der Waals surface area contributed by atoms with Gasteiger partial charge in [0.05, 0.1) is 12.2 Å². The Labute approximate surface area is 117 Å². The summed E-state index contributed by atoms with van der Waals surface area (Å²) in [5.74, 6) is 1.64. The van der Waals surface area contributed by atoms with E-state index in [9.17, 15) is 4.79 Å². The number of nitrogens with zero attached hydrogens (tertiary/aromatic N) is 3. The maximum Gasteiger partial charge on any atom is 0.246 e. The summed E-state index contributed by atoms with van der Waals surface area (Å²) in [6.45, 7) is 3.21. The van der Waals surface area contributed by atoms with Crippen molar-refractivity contribution in [3.8, 4) is 11.5 Å². The van der Waals surface area contributed by atoms with Gasteiger partial charge in [-0.2, -0.15) is 4.98 Å². The Bertz CT molecular complexity index is 598. The molecule has 0 radical (unpaired) electrons. The SMILES string of the molecule is CCn1cccc1-c1noc(CNC(=O)CC2CC2)n1. The lowest BCUT2D eigenvalue weighted by Gasteiger charge is -2.01. The molecule has 2 aromatic heterocycles. The van der Waals surface area contributed by atoms with Crippen molar-refractivity contribution in [2.45, 2.75) is 39.3 Å². The Kier molecular flexibility index (Phi) is 3.54. The van der Waals surface area contributed by atoms with Gasteiger partial charge in [0.1, 0.15) is 0 Å². The molecule has 2 heterocycles. The van der Waals surface area contributed by atoms with E-state index in [1.807, 2.05) is 22.9 Å². The molecule has 0 bridgehead atoms. The van der Waals surface area contributed by atoms with Gasteiger partial charge in [-0.05, 0) is 37.8 Å². The van der Waals surface area contributed by atoms with Gasteiger partial charge in [0.15, 0.2) is 0 Å². The fraction of sp³-hybridized carbons (Fsp3) is 0.500. The van der Waals surface area contributed by atoms with E-state index < -0.39 is 0 Å². The van der Waals surface area contributed by atoms with E-state index in [2.05, 4.69) is 22.4 Å². The standard InChI is InChI=1S/C14H18N4O2/c1-2-18-7-3-4-11(18)14-16-13(20-17-14)9-15-12(19)8-10-5-6-10/h3-4,7,10H,2,5-6,8-9H2,1H3,(H,15,19). The van der Waals surface area contributed by atoms with E-state index in [1.165, 1.54) is 12.8 Å². The summed E-state index contributed by atoms with van der Waals surface area (Å²) in [6.07, 6.45) is 4.93. The van der Waals surface area contributed by atoms with E-state index in [1.54, 1.807) is 0 Å². The molecule has 1 N–H and O–H groups in total. The number of hydrogen-bond donors (Lipinski definition) is 1. The highest BCUT2D eigenvalue weighted by molar-refractivity contribution is 5.76. The summed E-state index contributed by atoms with van der Waals surface area (Å²) < 4.78 is 7.21. The molecule has 2 aromatic rings. The Balaban J connectivity index is 1.60. The Morgan fingerprint density at radius 3 is 3.15 bits per heavy atom. The van der Waals surface area contributed by atoms with Crippen molar-refractivity contribution in [2.75, 3.05) is 0 Å². The van der Waals surface area contributed by atoms with Crippen LogP contribution < -0.4 is 5.32 Å². The number of carbonyl (C=O) groups excluding carboxylic acids is 1. The van der Waals surface area contributed by atoms with Crippen LogP contribution in [0.2, 0.25) is 0 Å². The fourth-order valence-corrected chi connectivity index (χ4v) is 2.15. The number of rotatable bonds is 6. The first-order valence-corrected chi connectivity index (χ1v) is 7.01. The molecule has 0 saturated heterocycles. The van der Waals surface area contributed by atoms with Crippen molar-refractivity contribution < 1.29 is 9.32 Å². The molecule has 1 amide bonds. The summed E-state index contributed by atoms with van der Waals surface area (Å²) >= 11 is 0. The molecule has 0 aliphatic heterocycles. The number of aryl methyl sites for hydroxylation is 1. The van der Waals surface area contributed by atoms with Crippen molar-refractivity contribution in [2.24, 2.45) is 5.92 Å². The normalized spacial score (nSPS) is 14.4. The summed E-state index contributed by atoms with van der Waals surface area (Å²) in [6, 6.07) is 3.90. The van der Waals surface area contributed by atoms with E-state index >= 15 is 0 Å². The molecule has 3 rings (SSSR count). The number of nitrogens with one attached hydrogen (secondary N) is 1. The highest BCUT2D eigenvalue weighted by Gasteiger charge is 2.24. The first-order chi connectivity index (χ1) is 9.76. The second-order valence-corrected chi connectivity index (χ2v) is 5.12. The van der Waals surface area contributed by atoms with E-state index in [-0.39, 0.29) is 5.91 Å². The van der Waals surface area contributed by atoms with Crippen LogP contribution in [0.5, 0.6) is 0 Å². The third-order valence-corrected chi connectivity index (χ3v) is 3.48. The molecule has 6 heteroatoms. The van der Waals surface area contributed by atoms with Crippen LogP contribution in [0.25, 0.3) is 11.5 Å². The Morgan fingerprint density at radius 2 is 2.40 bits per heavy atom. The molecule has 1 fully saturated rings. The van der Waals surface area contributed by atoms with Gasteiger partial charge in [0.2, 0.25) is 17.6 Å². The molecule has 106 valence electrons. The van der Waals surface area contributed by atoms with Crippen LogP contribution in [0.15, 0.2) is 22.9 Å². The highest BCUT2D eigenvalue weighted by Crippen LogP contribution is 2.32. The summed E-state index contributed by atoms with van der Waals surface area (Å²) in [5.41, 5.74) is 0.923. The molecule has 0 spiro atoms. The first kappa shape index (κ1) is 12.9.